The van der Waals surface area contributed by atoms with E-state index in [1.807, 2.05) is 13.8 Å². The maximum Gasteiger partial charge on any atom is 0.212 e. The van der Waals surface area contributed by atoms with E-state index in [-0.39, 0.29) is 5.78 Å². The van der Waals surface area contributed by atoms with E-state index in [9.17, 15) is 4.79 Å². The Morgan fingerprint density at radius 1 is 1.20 bits per heavy atom. The van der Waals surface area contributed by atoms with Gasteiger partial charge in [-0.1, -0.05) is 5.21 Å². The molecule has 6 nitrogen and oxygen atoms in total. The molecule has 6 heteroatoms. The monoisotopic (exact) mass is 275 g/mol. The van der Waals surface area contributed by atoms with E-state index in [2.05, 4.69) is 10.3 Å². The third-order valence-corrected chi connectivity index (χ3v) is 2.75. The fraction of sp³-hybridized carbons (Fsp3) is 0.357. The number of hydrogen-bond acceptors (Lipinski definition) is 5. The summed E-state index contributed by atoms with van der Waals surface area (Å²) in [5.74, 6) is 1.05. The van der Waals surface area contributed by atoms with Gasteiger partial charge in [0, 0.05) is 12.6 Å². The van der Waals surface area contributed by atoms with Gasteiger partial charge < -0.3 is 9.47 Å². The number of ketones is 1. The minimum Gasteiger partial charge on any atom is -0.490 e. The first-order chi connectivity index (χ1) is 9.67. The topological polar surface area (TPSA) is 66.2 Å². The molecule has 0 atom stereocenters. The summed E-state index contributed by atoms with van der Waals surface area (Å²) < 4.78 is 12.4. The van der Waals surface area contributed by atoms with Crippen LogP contribution in [0.2, 0.25) is 0 Å². The van der Waals surface area contributed by atoms with Crippen LogP contribution in [0.5, 0.6) is 11.5 Å². The maximum atomic E-state index is 12.4. The van der Waals surface area contributed by atoms with Gasteiger partial charge in [-0.3, -0.25) is 4.79 Å². The molecule has 0 aliphatic carbocycles. The molecule has 0 fully saturated rings. The molecule has 0 N–H and O–H groups in total. The highest BCUT2D eigenvalue weighted by molar-refractivity contribution is 6.08. The Hall–Kier alpha value is -2.37. The summed E-state index contributed by atoms with van der Waals surface area (Å²) in [5, 5.41) is 7.47. The zero-order valence-electron chi connectivity index (χ0n) is 11.8. The van der Waals surface area contributed by atoms with E-state index in [1.165, 1.54) is 10.9 Å². The fourth-order valence-corrected chi connectivity index (χ4v) is 1.84. The van der Waals surface area contributed by atoms with Crippen LogP contribution in [-0.4, -0.2) is 34.0 Å². The molecule has 0 radical (unpaired) electrons. The van der Waals surface area contributed by atoms with Crippen molar-refractivity contribution in [2.24, 2.45) is 7.05 Å². The van der Waals surface area contributed by atoms with Crippen LogP contribution in [0, 0.1) is 0 Å². The van der Waals surface area contributed by atoms with Crippen LogP contribution < -0.4 is 9.47 Å². The molecular formula is C14H17N3O3. The van der Waals surface area contributed by atoms with Gasteiger partial charge in [-0.25, -0.2) is 4.68 Å². The first-order valence-electron chi connectivity index (χ1n) is 6.46. The molecule has 106 valence electrons. The second-order valence-corrected chi connectivity index (χ2v) is 4.10. The van der Waals surface area contributed by atoms with Gasteiger partial charge in [-0.15, -0.1) is 5.10 Å². The Morgan fingerprint density at radius 2 is 1.90 bits per heavy atom. The predicted octanol–water partition coefficient (Wildman–Crippen LogP) is 1.84. The molecule has 0 bridgehead atoms. The molecule has 0 spiro atoms. The van der Waals surface area contributed by atoms with Gasteiger partial charge >= 0.3 is 0 Å². The second-order valence-electron chi connectivity index (χ2n) is 4.10. The summed E-state index contributed by atoms with van der Waals surface area (Å²) >= 11 is 0. The molecule has 1 aromatic heterocycles. The van der Waals surface area contributed by atoms with E-state index in [0.717, 1.165) is 0 Å². The number of carbonyl (C=O) groups excluding carboxylic acids is 1. The average Bonchev–Trinajstić information content (AvgIpc) is 2.86. The third kappa shape index (κ3) is 2.79. The normalized spacial score (nSPS) is 10.3. The largest absolute Gasteiger partial charge is 0.490 e. The predicted molar refractivity (Wildman–Crippen MR) is 73.2 cm³/mol. The maximum absolute atomic E-state index is 12.4. The molecule has 0 amide bonds. The number of ether oxygens (including phenoxy) is 2. The van der Waals surface area contributed by atoms with Gasteiger partial charge in [0.05, 0.1) is 19.4 Å². The van der Waals surface area contributed by atoms with Crippen molar-refractivity contribution in [1.29, 1.82) is 0 Å². The summed E-state index contributed by atoms with van der Waals surface area (Å²) in [5.41, 5.74) is 0.943. The molecule has 0 aliphatic heterocycles. The van der Waals surface area contributed by atoms with E-state index in [4.69, 9.17) is 9.47 Å². The zero-order chi connectivity index (χ0) is 14.5. The average molecular weight is 275 g/mol. The van der Waals surface area contributed by atoms with Crippen LogP contribution in [-0.2, 0) is 7.05 Å². The lowest BCUT2D eigenvalue weighted by Gasteiger charge is -2.11. The van der Waals surface area contributed by atoms with Gasteiger partial charge in [-0.2, -0.15) is 0 Å². The molecule has 2 rings (SSSR count). The number of benzene rings is 1. The van der Waals surface area contributed by atoms with Gasteiger partial charge in [0.2, 0.25) is 5.78 Å². The van der Waals surface area contributed by atoms with Crippen molar-refractivity contribution in [2.75, 3.05) is 13.2 Å². The van der Waals surface area contributed by atoms with Crippen molar-refractivity contribution in [2.45, 2.75) is 13.8 Å². The Kier molecular flexibility index (Phi) is 4.34. The quantitative estimate of drug-likeness (QED) is 0.753. The molecule has 1 aromatic carbocycles. The number of aromatic nitrogens is 3. The van der Waals surface area contributed by atoms with Crippen LogP contribution in [0.3, 0.4) is 0 Å². The first kappa shape index (κ1) is 14.0. The third-order valence-electron chi connectivity index (χ3n) is 2.75. The lowest BCUT2D eigenvalue weighted by atomic mass is 10.1. The minimum absolute atomic E-state index is 0.151. The first-order valence-corrected chi connectivity index (χ1v) is 6.46. The van der Waals surface area contributed by atoms with Gasteiger partial charge in [0.15, 0.2) is 11.5 Å². The molecule has 0 aliphatic rings. The fourth-order valence-electron chi connectivity index (χ4n) is 1.84. The highest BCUT2D eigenvalue weighted by Gasteiger charge is 2.16. The summed E-state index contributed by atoms with van der Waals surface area (Å²) in [7, 11) is 1.68. The van der Waals surface area contributed by atoms with Crippen molar-refractivity contribution < 1.29 is 14.3 Å². The molecule has 20 heavy (non-hydrogen) atoms. The lowest BCUT2D eigenvalue weighted by Crippen LogP contribution is -2.09. The van der Waals surface area contributed by atoms with E-state index < -0.39 is 0 Å². The highest BCUT2D eigenvalue weighted by atomic mass is 16.5. The highest BCUT2D eigenvalue weighted by Crippen LogP contribution is 2.29. The number of hydrogen-bond donors (Lipinski definition) is 0. The summed E-state index contributed by atoms with van der Waals surface area (Å²) in [6.07, 6.45) is 1.44. The Bertz CT molecular complexity index is 607. The SMILES string of the molecule is CCOc1ccc(C(=O)c2cnnn2C)cc1OCC. The number of nitrogens with zero attached hydrogens (tertiary/aromatic N) is 3. The number of carbonyl (C=O) groups is 1. The van der Waals surface area contributed by atoms with Gasteiger partial charge in [0.25, 0.3) is 0 Å². The van der Waals surface area contributed by atoms with Crippen LogP contribution in [0.1, 0.15) is 29.9 Å². The molecule has 0 saturated heterocycles. The number of rotatable bonds is 6. The van der Waals surface area contributed by atoms with Crippen molar-refractivity contribution in [3.8, 4) is 11.5 Å². The number of aryl methyl sites for hydroxylation is 1. The smallest absolute Gasteiger partial charge is 0.212 e. The Balaban J connectivity index is 2.35. The van der Waals surface area contributed by atoms with Crippen LogP contribution in [0.25, 0.3) is 0 Å². The Labute approximate surface area is 117 Å². The molecule has 1 heterocycles. The van der Waals surface area contributed by atoms with E-state index >= 15 is 0 Å². The van der Waals surface area contributed by atoms with Crippen LogP contribution in [0.4, 0.5) is 0 Å². The summed E-state index contributed by atoms with van der Waals surface area (Å²) in [4.78, 5) is 12.4. The molecule has 2 aromatic rings. The molecular weight excluding hydrogens is 258 g/mol. The zero-order valence-corrected chi connectivity index (χ0v) is 11.8. The summed E-state index contributed by atoms with van der Waals surface area (Å²) in [6.45, 7) is 4.83. The molecule has 0 unspecified atom stereocenters. The van der Waals surface area contributed by atoms with Crippen molar-refractivity contribution in [3.63, 3.8) is 0 Å². The second kappa shape index (κ2) is 6.18. The van der Waals surface area contributed by atoms with Gasteiger partial charge in [0.1, 0.15) is 5.69 Å². The van der Waals surface area contributed by atoms with E-state index in [1.54, 1.807) is 25.2 Å². The van der Waals surface area contributed by atoms with Crippen molar-refractivity contribution in [3.05, 3.63) is 35.7 Å². The van der Waals surface area contributed by atoms with Crippen LogP contribution >= 0.6 is 0 Å². The van der Waals surface area contributed by atoms with Crippen molar-refractivity contribution in [1.82, 2.24) is 15.0 Å². The molecule has 0 saturated carbocycles. The van der Waals surface area contributed by atoms with Gasteiger partial charge in [-0.05, 0) is 32.0 Å². The van der Waals surface area contributed by atoms with Crippen LogP contribution in [0.15, 0.2) is 24.4 Å². The van der Waals surface area contributed by atoms with E-state index in [0.29, 0.717) is 36.0 Å². The summed E-state index contributed by atoms with van der Waals surface area (Å²) in [6, 6.07) is 5.14. The minimum atomic E-state index is -0.151. The lowest BCUT2D eigenvalue weighted by molar-refractivity contribution is 0.102. The van der Waals surface area contributed by atoms with Crippen molar-refractivity contribution >= 4 is 5.78 Å². The standard InChI is InChI=1S/C14H17N3O3/c1-4-19-12-7-6-10(8-13(12)20-5-2)14(18)11-9-15-16-17(11)3/h6-9H,4-5H2,1-3H3. The Morgan fingerprint density at radius 3 is 2.50 bits per heavy atom.